The van der Waals surface area contributed by atoms with Gasteiger partial charge in [0.1, 0.15) is 0 Å². The first-order valence-corrected chi connectivity index (χ1v) is 5.12. The Bertz CT molecular complexity index is 359. The minimum absolute atomic E-state index is 0.00842. The monoisotopic (exact) mass is 206 g/mol. The first kappa shape index (κ1) is 11.6. The van der Waals surface area contributed by atoms with E-state index in [0.717, 1.165) is 16.8 Å². The van der Waals surface area contributed by atoms with E-state index in [9.17, 15) is 4.79 Å². The third kappa shape index (κ3) is 2.72. The van der Waals surface area contributed by atoms with Crippen LogP contribution in [0.1, 0.15) is 22.8 Å². The lowest BCUT2D eigenvalue weighted by atomic mass is 10.1. The fraction of sp³-hybridized carbons (Fsp3) is 0.417. The molecule has 0 heterocycles. The Morgan fingerprint density at radius 3 is 2.53 bits per heavy atom. The number of carbonyl (C=O) groups is 1. The topological polar surface area (TPSA) is 32.3 Å². The van der Waals surface area contributed by atoms with E-state index in [1.807, 2.05) is 51.0 Å². The molecule has 1 aromatic carbocycles. The summed E-state index contributed by atoms with van der Waals surface area (Å²) in [6, 6.07) is 5.74. The van der Waals surface area contributed by atoms with Crippen LogP contribution in [0, 0.1) is 6.92 Å². The summed E-state index contributed by atoms with van der Waals surface area (Å²) in [6.07, 6.45) is 0. The van der Waals surface area contributed by atoms with Gasteiger partial charge in [0, 0.05) is 31.9 Å². The van der Waals surface area contributed by atoms with Gasteiger partial charge in [0.25, 0.3) is 5.91 Å². The van der Waals surface area contributed by atoms with E-state index in [4.69, 9.17) is 0 Å². The van der Waals surface area contributed by atoms with Crippen molar-refractivity contribution in [3.63, 3.8) is 0 Å². The standard InChI is InChI=1S/C12H18N2O/c1-5-13-12(15)10-6-7-11(14(3)4)9(2)8-10/h6-8H,5H2,1-4H3,(H,13,15). The van der Waals surface area contributed by atoms with E-state index in [1.54, 1.807) is 0 Å². The van der Waals surface area contributed by atoms with Crippen LogP contribution < -0.4 is 10.2 Å². The molecule has 0 aliphatic rings. The zero-order valence-corrected chi connectivity index (χ0v) is 9.79. The summed E-state index contributed by atoms with van der Waals surface area (Å²) in [4.78, 5) is 13.6. The van der Waals surface area contributed by atoms with Crippen molar-refractivity contribution in [2.45, 2.75) is 13.8 Å². The maximum Gasteiger partial charge on any atom is 0.251 e. The average molecular weight is 206 g/mol. The number of benzene rings is 1. The molecule has 1 aromatic rings. The lowest BCUT2D eigenvalue weighted by molar-refractivity contribution is 0.0956. The van der Waals surface area contributed by atoms with E-state index in [2.05, 4.69) is 5.32 Å². The van der Waals surface area contributed by atoms with E-state index in [0.29, 0.717) is 6.54 Å². The molecule has 0 aromatic heterocycles. The first-order valence-electron chi connectivity index (χ1n) is 5.12. The predicted octanol–water partition coefficient (Wildman–Crippen LogP) is 1.81. The zero-order valence-electron chi connectivity index (χ0n) is 9.79. The van der Waals surface area contributed by atoms with Crippen molar-refractivity contribution >= 4 is 11.6 Å². The van der Waals surface area contributed by atoms with Gasteiger partial charge in [-0.15, -0.1) is 0 Å². The van der Waals surface area contributed by atoms with Crippen molar-refractivity contribution in [1.82, 2.24) is 5.32 Å². The third-order valence-corrected chi connectivity index (χ3v) is 2.28. The molecule has 0 saturated heterocycles. The smallest absolute Gasteiger partial charge is 0.251 e. The minimum atomic E-state index is -0.00842. The Kier molecular flexibility index (Phi) is 3.72. The van der Waals surface area contributed by atoms with Crippen LogP contribution in [0.25, 0.3) is 0 Å². The van der Waals surface area contributed by atoms with Gasteiger partial charge in [0.2, 0.25) is 0 Å². The van der Waals surface area contributed by atoms with Crippen molar-refractivity contribution in [3.05, 3.63) is 29.3 Å². The maximum absolute atomic E-state index is 11.6. The highest BCUT2D eigenvalue weighted by Crippen LogP contribution is 2.18. The summed E-state index contributed by atoms with van der Waals surface area (Å²) in [5.74, 6) is -0.00842. The van der Waals surface area contributed by atoms with Gasteiger partial charge in [0.05, 0.1) is 0 Å². The highest BCUT2D eigenvalue weighted by atomic mass is 16.1. The van der Waals surface area contributed by atoms with Gasteiger partial charge in [-0.3, -0.25) is 4.79 Å². The molecule has 3 nitrogen and oxygen atoms in total. The van der Waals surface area contributed by atoms with Gasteiger partial charge in [-0.1, -0.05) is 0 Å². The SMILES string of the molecule is CCNC(=O)c1ccc(N(C)C)c(C)c1. The lowest BCUT2D eigenvalue weighted by Gasteiger charge is -2.16. The van der Waals surface area contributed by atoms with E-state index < -0.39 is 0 Å². The molecule has 0 atom stereocenters. The van der Waals surface area contributed by atoms with Crippen LogP contribution in [-0.4, -0.2) is 26.5 Å². The van der Waals surface area contributed by atoms with Crippen LogP contribution in [0.4, 0.5) is 5.69 Å². The fourth-order valence-electron chi connectivity index (χ4n) is 1.56. The molecular weight excluding hydrogens is 188 g/mol. The molecular formula is C12H18N2O. The van der Waals surface area contributed by atoms with Crippen LogP contribution in [0.3, 0.4) is 0 Å². The van der Waals surface area contributed by atoms with Crippen LogP contribution in [-0.2, 0) is 0 Å². The molecule has 0 radical (unpaired) electrons. The fourth-order valence-corrected chi connectivity index (χ4v) is 1.56. The minimum Gasteiger partial charge on any atom is -0.377 e. The number of hydrogen-bond acceptors (Lipinski definition) is 2. The van der Waals surface area contributed by atoms with Gasteiger partial charge >= 0.3 is 0 Å². The number of carbonyl (C=O) groups excluding carboxylic acids is 1. The Hall–Kier alpha value is -1.51. The number of hydrogen-bond donors (Lipinski definition) is 1. The van der Waals surface area contributed by atoms with Gasteiger partial charge in [0.15, 0.2) is 0 Å². The summed E-state index contributed by atoms with van der Waals surface area (Å²) in [5, 5.41) is 2.79. The summed E-state index contributed by atoms with van der Waals surface area (Å²) < 4.78 is 0. The number of rotatable bonds is 3. The first-order chi connectivity index (χ1) is 7.06. The van der Waals surface area contributed by atoms with Crippen LogP contribution in [0.2, 0.25) is 0 Å². The lowest BCUT2D eigenvalue weighted by Crippen LogP contribution is -2.23. The number of anilines is 1. The molecule has 0 saturated carbocycles. The molecule has 0 fully saturated rings. The predicted molar refractivity (Wildman–Crippen MR) is 63.5 cm³/mol. The molecule has 0 spiro atoms. The summed E-state index contributed by atoms with van der Waals surface area (Å²) in [6.45, 7) is 4.59. The number of nitrogens with zero attached hydrogens (tertiary/aromatic N) is 1. The third-order valence-electron chi connectivity index (χ3n) is 2.28. The Labute approximate surface area is 91.1 Å². The molecule has 1 amide bonds. The van der Waals surface area contributed by atoms with Crippen molar-refractivity contribution in [2.75, 3.05) is 25.5 Å². The molecule has 0 unspecified atom stereocenters. The second-order valence-electron chi connectivity index (χ2n) is 3.76. The number of nitrogens with one attached hydrogen (secondary N) is 1. The van der Waals surface area contributed by atoms with E-state index >= 15 is 0 Å². The Balaban J connectivity index is 2.96. The van der Waals surface area contributed by atoms with E-state index in [1.165, 1.54) is 0 Å². The molecule has 3 heteroatoms. The van der Waals surface area contributed by atoms with Crippen LogP contribution in [0.15, 0.2) is 18.2 Å². The molecule has 0 aliphatic carbocycles. The normalized spacial score (nSPS) is 9.87. The second kappa shape index (κ2) is 4.82. The van der Waals surface area contributed by atoms with Gasteiger partial charge in [-0.05, 0) is 37.6 Å². The largest absolute Gasteiger partial charge is 0.377 e. The van der Waals surface area contributed by atoms with Crippen molar-refractivity contribution < 1.29 is 4.79 Å². The van der Waals surface area contributed by atoms with Crippen molar-refractivity contribution in [3.8, 4) is 0 Å². The molecule has 1 N–H and O–H groups in total. The number of amides is 1. The summed E-state index contributed by atoms with van der Waals surface area (Å²) in [5.41, 5.74) is 2.98. The van der Waals surface area contributed by atoms with Gasteiger partial charge in [-0.2, -0.15) is 0 Å². The van der Waals surface area contributed by atoms with Gasteiger partial charge in [-0.25, -0.2) is 0 Å². The van der Waals surface area contributed by atoms with E-state index in [-0.39, 0.29) is 5.91 Å². The maximum atomic E-state index is 11.6. The highest BCUT2D eigenvalue weighted by molar-refractivity contribution is 5.94. The van der Waals surface area contributed by atoms with Crippen molar-refractivity contribution in [1.29, 1.82) is 0 Å². The highest BCUT2D eigenvalue weighted by Gasteiger charge is 2.07. The Morgan fingerprint density at radius 2 is 2.07 bits per heavy atom. The Morgan fingerprint density at radius 1 is 1.40 bits per heavy atom. The quantitative estimate of drug-likeness (QED) is 0.818. The molecule has 1 rings (SSSR count). The van der Waals surface area contributed by atoms with Crippen LogP contribution in [0.5, 0.6) is 0 Å². The molecule has 0 bridgehead atoms. The molecule has 82 valence electrons. The molecule has 15 heavy (non-hydrogen) atoms. The zero-order chi connectivity index (χ0) is 11.4. The second-order valence-corrected chi connectivity index (χ2v) is 3.76. The average Bonchev–Trinajstić information content (AvgIpc) is 2.17. The van der Waals surface area contributed by atoms with Crippen LogP contribution >= 0.6 is 0 Å². The summed E-state index contributed by atoms with van der Waals surface area (Å²) in [7, 11) is 3.99. The van der Waals surface area contributed by atoms with Crippen molar-refractivity contribution in [2.24, 2.45) is 0 Å². The number of aryl methyl sites for hydroxylation is 1. The van der Waals surface area contributed by atoms with Gasteiger partial charge < -0.3 is 10.2 Å². The molecule has 0 aliphatic heterocycles. The summed E-state index contributed by atoms with van der Waals surface area (Å²) >= 11 is 0.